The van der Waals surface area contributed by atoms with Crippen molar-refractivity contribution in [1.29, 1.82) is 0 Å². The third-order valence-electron chi connectivity index (χ3n) is 6.11. The SMILES string of the molecule is Fc1cc2ncc(-c3cnn(C4CNC4)c3)cc2c(F)c1Cc1nnc2ccc(CCI)nn12. The van der Waals surface area contributed by atoms with Crippen molar-refractivity contribution in [3.8, 4) is 11.1 Å². The zero-order valence-electron chi connectivity index (χ0n) is 17.9. The van der Waals surface area contributed by atoms with Crippen molar-refractivity contribution >= 4 is 39.1 Å². The summed E-state index contributed by atoms with van der Waals surface area (Å²) < 4.78 is 35.0. The Labute approximate surface area is 206 Å². The van der Waals surface area contributed by atoms with Crippen LogP contribution in [0.2, 0.25) is 0 Å². The zero-order chi connectivity index (χ0) is 23.2. The molecule has 1 aromatic carbocycles. The molecule has 6 rings (SSSR count). The van der Waals surface area contributed by atoms with E-state index >= 15 is 4.39 Å². The van der Waals surface area contributed by atoms with Gasteiger partial charge in [-0.05, 0) is 18.2 Å². The van der Waals surface area contributed by atoms with Crippen LogP contribution in [0.5, 0.6) is 0 Å². The molecule has 8 nitrogen and oxygen atoms in total. The number of rotatable bonds is 6. The van der Waals surface area contributed by atoms with Crippen molar-refractivity contribution in [2.75, 3.05) is 17.5 Å². The average molecular weight is 572 g/mol. The van der Waals surface area contributed by atoms with Crippen LogP contribution in [0.4, 0.5) is 8.78 Å². The van der Waals surface area contributed by atoms with Crippen LogP contribution in [-0.4, -0.2) is 52.1 Å². The Morgan fingerprint density at radius 2 is 1.97 bits per heavy atom. The fourth-order valence-electron chi connectivity index (χ4n) is 4.08. The average Bonchev–Trinajstić information content (AvgIpc) is 3.43. The maximum absolute atomic E-state index is 15.6. The summed E-state index contributed by atoms with van der Waals surface area (Å²) in [5.74, 6) is -0.947. The minimum atomic E-state index is -0.671. The molecule has 0 aliphatic carbocycles. The molecule has 0 unspecified atom stereocenters. The van der Waals surface area contributed by atoms with E-state index in [9.17, 15) is 4.39 Å². The summed E-state index contributed by atoms with van der Waals surface area (Å²) in [7, 11) is 0. The predicted octanol–water partition coefficient (Wildman–Crippen LogP) is 3.53. The number of halogens is 3. The molecule has 1 aliphatic rings. The maximum atomic E-state index is 15.6. The molecule has 5 aromatic rings. The second-order valence-electron chi connectivity index (χ2n) is 8.29. The molecule has 0 saturated carbocycles. The Bertz CT molecular complexity index is 1520. The van der Waals surface area contributed by atoms with Crippen LogP contribution in [0.3, 0.4) is 0 Å². The lowest BCUT2D eigenvalue weighted by molar-refractivity contribution is 0.318. The smallest absolute Gasteiger partial charge is 0.177 e. The summed E-state index contributed by atoms with van der Waals surface area (Å²) in [5, 5.41) is 20.7. The van der Waals surface area contributed by atoms with Crippen LogP contribution >= 0.6 is 22.6 Å². The molecule has 0 atom stereocenters. The number of hydrogen-bond donors (Lipinski definition) is 1. The monoisotopic (exact) mass is 572 g/mol. The van der Waals surface area contributed by atoms with Crippen molar-refractivity contribution in [3.63, 3.8) is 0 Å². The third-order valence-corrected chi connectivity index (χ3v) is 6.65. The zero-order valence-corrected chi connectivity index (χ0v) is 20.1. The van der Waals surface area contributed by atoms with Gasteiger partial charge in [-0.25, -0.2) is 8.78 Å². The number of fused-ring (bicyclic) bond motifs is 2. The van der Waals surface area contributed by atoms with E-state index < -0.39 is 11.6 Å². The molecular weight excluding hydrogens is 553 g/mol. The molecule has 1 aliphatic heterocycles. The van der Waals surface area contributed by atoms with Crippen LogP contribution in [0.25, 0.3) is 27.7 Å². The quantitative estimate of drug-likeness (QED) is 0.248. The lowest BCUT2D eigenvalue weighted by Crippen LogP contribution is -2.43. The molecule has 1 N–H and O–H groups in total. The second kappa shape index (κ2) is 8.62. The van der Waals surface area contributed by atoms with Gasteiger partial charge in [0.15, 0.2) is 11.5 Å². The summed E-state index contributed by atoms with van der Waals surface area (Å²) in [6.45, 7) is 1.75. The summed E-state index contributed by atoms with van der Waals surface area (Å²) in [4.78, 5) is 4.31. The van der Waals surface area contributed by atoms with E-state index in [0.29, 0.717) is 17.5 Å². The van der Waals surface area contributed by atoms with Crippen LogP contribution in [-0.2, 0) is 12.8 Å². The standard InChI is InChI=1S/C23H19F2IN8/c24-19-7-20-18(5-13(8-28-20)14-9-29-33(12-14)16-10-27-11-16)23(25)17(19)6-22-31-30-21-2-1-15(3-4-26)32-34(21)22/h1-2,5,7-9,12,16,27H,3-4,6,10-11H2. The molecule has 0 radical (unpaired) electrons. The van der Waals surface area contributed by atoms with Crippen molar-refractivity contribution in [2.24, 2.45) is 0 Å². The highest BCUT2D eigenvalue weighted by atomic mass is 127. The molecular formula is C23H19F2IN8. The highest BCUT2D eigenvalue weighted by Gasteiger charge is 2.21. The first-order chi connectivity index (χ1) is 16.6. The Kier molecular flexibility index (Phi) is 5.44. The number of nitrogens with one attached hydrogen (secondary N) is 1. The molecule has 172 valence electrons. The minimum absolute atomic E-state index is 0.0771. The molecule has 4 aromatic heterocycles. The van der Waals surface area contributed by atoms with Gasteiger partial charge in [-0.3, -0.25) is 9.67 Å². The first kappa shape index (κ1) is 21.5. The molecule has 1 fully saturated rings. The topological polar surface area (TPSA) is 85.8 Å². The van der Waals surface area contributed by atoms with Crippen LogP contribution in [0.15, 0.2) is 42.9 Å². The van der Waals surface area contributed by atoms with Gasteiger partial charge in [0.25, 0.3) is 0 Å². The molecule has 34 heavy (non-hydrogen) atoms. The van der Waals surface area contributed by atoms with Gasteiger partial charge in [-0.15, -0.1) is 10.2 Å². The highest BCUT2D eigenvalue weighted by Crippen LogP contribution is 2.29. The molecule has 1 saturated heterocycles. The molecule has 11 heteroatoms. The molecule has 5 heterocycles. The molecule has 0 spiro atoms. The Balaban J connectivity index is 1.39. The third kappa shape index (κ3) is 3.72. The fraction of sp³-hybridized carbons (Fsp3) is 0.261. The van der Waals surface area contributed by atoms with Gasteiger partial charge in [0.1, 0.15) is 11.6 Å². The number of benzene rings is 1. The van der Waals surface area contributed by atoms with Crippen LogP contribution in [0, 0.1) is 11.6 Å². The number of alkyl halides is 1. The number of aromatic nitrogens is 7. The fourth-order valence-corrected chi connectivity index (χ4v) is 4.63. The first-order valence-corrected chi connectivity index (χ1v) is 12.4. The minimum Gasteiger partial charge on any atom is -0.312 e. The summed E-state index contributed by atoms with van der Waals surface area (Å²) in [5.41, 5.74) is 3.14. The van der Waals surface area contributed by atoms with E-state index in [2.05, 4.69) is 53.3 Å². The van der Waals surface area contributed by atoms with Crippen molar-refractivity contribution < 1.29 is 8.78 Å². The van der Waals surface area contributed by atoms with E-state index in [4.69, 9.17) is 0 Å². The number of nitrogens with zero attached hydrogens (tertiary/aromatic N) is 7. The van der Waals surface area contributed by atoms with Gasteiger partial charge in [-0.1, -0.05) is 22.6 Å². The van der Waals surface area contributed by atoms with Crippen molar-refractivity contribution in [1.82, 2.24) is 39.9 Å². The highest BCUT2D eigenvalue weighted by molar-refractivity contribution is 14.1. The van der Waals surface area contributed by atoms with E-state index in [1.54, 1.807) is 23.0 Å². The van der Waals surface area contributed by atoms with E-state index in [0.717, 1.165) is 40.8 Å². The predicted molar refractivity (Wildman–Crippen MR) is 131 cm³/mol. The Morgan fingerprint density at radius 3 is 2.76 bits per heavy atom. The van der Waals surface area contributed by atoms with Gasteiger partial charge < -0.3 is 5.32 Å². The first-order valence-electron chi connectivity index (χ1n) is 10.9. The lowest BCUT2D eigenvalue weighted by Gasteiger charge is -2.27. The number of pyridine rings is 1. The van der Waals surface area contributed by atoms with E-state index in [1.807, 2.05) is 23.0 Å². The number of aryl methyl sites for hydroxylation is 1. The molecule has 0 bridgehead atoms. The van der Waals surface area contributed by atoms with Crippen LogP contribution < -0.4 is 5.32 Å². The lowest BCUT2D eigenvalue weighted by atomic mass is 10.0. The second-order valence-corrected chi connectivity index (χ2v) is 9.37. The van der Waals surface area contributed by atoms with Gasteiger partial charge in [0.2, 0.25) is 0 Å². The molecule has 0 amide bonds. The largest absolute Gasteiger partial charge is 0.312 e. The van der Waals surface area contributed by atoms with Gasteiger partial charge >= 0.3 is 0 Å². The summed E-state index contributed by atoms with van der Waals surface area (Å²) in [6.07, 6.45) is 6.00. The Hall–Kier alpha value is -3.06. The number of hydrogen-bond acceptors (Lipinski definition) is 6. The summed E-state index contributed by atoms with van der Waals surface area (Å²) >= 11 is 2.28. The normalized spacial score (nSPS) is 14.2. The van der Waals surface area contributed by atoms with Gasteiger partial charge in [-0.2, -0.15) is 14.7 Å². The van der Waals surface area contributed by atoms with Crippen LogP contribution in [0.1, 0.15) is 23.1 Å². The van der Waals surface area contributed by atoms with Crippen molar-refractivity contribution in [3.05, 3.63) is 71.6 Å². The summed E-state index contributed by atoms with van der Waals surface area (Å²) in [6, 6.07) is 6.98. The maximum Gasteiger partial charge on any atom is 0.177 e. The van der Waals surface area contributed by atoms with Gasteiger partial charge in [0.05, 0.1) is 23.4 Å². The van der Waals surface area contributed by atoms with E-state index in [-0.39, 0.29) is 22.9 Å². The Morgan fingerprint density at radius 1 is 1.09 bits per heavy atom. The van der Waals surface area contributed by atoms with Gasteiger partial charge in [0, 0.05) is 70.9 Å². The van der Waals surface area contributed by atoms with Crippen molar-refractivity contribution in [2.45, 2.75) is 18.9 Å². The van der Waals surface area contributed by atoms with E-state index in [1.165, 1.54) is 6.07 Å².